The van der Waals surface area contributed by atoms with E-state index < -0.39 is 5.60 Å². The lowest BCUT2D eigenvalue weighted by molar-refractivity contribution is -0.153. The third kappa shape index (κ3) is 4.00. The highest BCUT2D eigenvalue weighted by Crippen LogP contribution is 2.32. The molecule has 2 saturated heterocycles. The van der Waals surface area contributed by atoms with Gasteiger partial charge in [-0.2, -0.15) is 0 Å². The van der Waals surface area contributed by atoms with Crippen LogP contribution >= 0.6 is 0 Å². The monoisotopic (exact) mass is 348 g/mol. The second-order valence-electron chi connectivity index (χ2n) is 6.95. The first-order chi connectivity index (χ1) is 12.0. The van der Waals surface area contributed by atoms with Gasteiger partial charge in [0.1, 0.15) is 18.0 Å². The number of anilines is 1. The maximum Gasteiger partial charge on any atom is 0.253 e. The molecule has 0 radical (unpaired) electrons. The molecule has 1 spiro atoms. The molecule has 1 unspecified atom stereocenters. The van der Waals surface area contributed by atoms with Crippen LogP contribution in [0.25, 0.3) is 0 Å². The Labute approximate surface area is 147 Å². The van der Waals surface area contributed by atoms with E-state index in [9.17, 15) is 14.0 Å². The fourth-order valence-electron chi connectivity index (χ4n) is 3.61. The van der Waals surface area contributed by atoms with Crippen molar-refractivity contribution in [3.63, 3.8) is 0 Å². The lowest BCUT2D eigenvalue weighted by Crippen LogP contribution is -2.62. The molecule has 1 aromatic carbocycles. The number of rotatable bonds is 4. The van der Waals surface area contributed by atoms with E-state index in [1.54, 1.807) is 17.0 Å². The van der Waals surface area contributed by atoms with E-state index in [-0.39, 0.29) is 24.2 Å². The van der Waals surface area contributed by atoms with Crippen LogP contribution in [0.3, 0.4) is 0 Å². The van der Waals surface area contributed by atoms with E-state index in [4.69, 9.17) is 4.74 Å². The van der Waals surface area contributed by atoms with Gasteiger partial charge in [-0.25, -0.2) is 4.39 Å². The molecule has 0 aliphatic carbocycles. The molecule has 2 heterocycles. The SMILES string of the molecule is CCCCC(=O)N1CCCC2(C1)CN(c1ccc(F)cc1)C(=O)CO2. The van der Waals surface area contributed by atoms with E-state index in [0.717, 1.165) is 32.2 Å². The molecule has 1 atom stereocenters. The lowest BCUT2D eigenvalue weighted by atomic mass is 9.90. The van der Waals surface area contributed by atoms with Gasteiger partial charge in [-0.05, 0) is 43.5 Å². The molecule has 0 N–H and O–H groups in total. The van der Waals surface area contributed by atoms with Gasteiger partial charge in [0.15, 0.2) is 0 Å². The largest absolute Gasteiger partial charge is 0.361 e. The smallest absolute Gasteiger partial charge is 0.253 e. The number of hydrogen-bond acceptors (Lipinski definition) is 3. The Hall–Kier alpha value is -1.95. The van der Waals surface area contributed by atoms with E-state index in [1.165, 1.54) is 12.1 Å². The number of piperidine rings is 1. The van der Waals surface area contributed by atoms with Gasteiger partial charge in [0.25, 0.3) is 5.91 Å². The molecule has 6 heteroatoms. The molecule has 1 aromatic rings. The summed E-state index contributed by atoms with van der Waals surface area (Å²) in [5.74, 6) is -0.300. The van der Waals surface area contributed by atoms with E-state index >= 15 is 0 Å². The van der Waals surface area contributed by atoms with Gasteiger partial charge in [0, 0.05) is 18.7 Å². The van der Waals surface area contributed by atoms with Crippen molar-refractivity contribution in [2.75, 3.05) is 31.1 Å². The van der Waals surface area contributed by atoms with Crippen LogP contribution in [0.5, 0.6) is 0 Å². The van der Waals surface area contributed by atoms with Crippen LogP contribution in [0.15, 0.2) is 24.3 Å². The van der Waals surface area contributed by atoms with Crippen LogP contribution in [0.1, 0.15) is 39.0 Å². The van der Waals surface area contributed by atoms with Crippen molar-refractivity contribution in [3.8, 4) is 0 Å². The van der Waals surface area contributed by atoms with Crippen molar-refractivity contribution in [2.45, 2.75) is 44.6 Å². The average molecular weight is 348 g/mol. The zero-order chi connectivity index (χ0) is 17.9. The van der Waals surface area contributed by atoms with Crippen molar-refractivity contribution in [1.29, 1.82) is 0 Å². The highest BCUT2D eigenvalue weighted by atomic mass is 19.1. The Kier molecular flexibility index (Phi) is 5.37. The highest BCUT2D eigenvalue weighted by molar-refractivity contribution is 5.95. The molecule has 136 valence electrons. The van der Waals surface area contributed by atoms with E-state index in [0.29, 0.717) is 25.2 Å². The number of carbonyl (C=O) groups excluding carboxylic acids is 2. The number of hydrogen-bond donors (Lipinski definition) is 0. The fourth-order valence-corrected chi connectivity index (χ4v) is 3.61. The van der Waals surface area contributed by atoms with Gasteiger partial charge < -0.3 is 14.5 Å². The van der Waals surface area contributed by atoms with Crippen molar-refractivity contribution >= 4 is 17.5 Å². The number of carbonyl (C=O) groups is 2. The summed E-state index contributed by atoms with van der Waals surface area (Å²) in [6, 6.07) is 5.93. The van der Waals surface area contributed by atoms with Crippen LogP contribution in [0.2, 0.25) is 0 Å². The minimum atomic E-state index is -0.525. The van der Waals surface area contributed by atoms with Gasteiger partial charge in [-0.1, -0.05) is 13.3 Å². The van der Waals surface area contributed by atoms with Crippen LogP contribution in [0, 0.1) is 5.82 Å². The Bertz CT molecular complexity index is 634. The Morgan fingerprint density at radius 2 is 2.04 bits per heavy atom. The van der Waals surface area contributed by atoms with Crippen molar-refractivity contribution in [2.24, 2.45) is 0 Å². The summed E-state index contributed by atoms with van der Waals surface area (Å²) >= 11 is 0. The van der Waals surface area contributed by atoms with Gasteiger partial charge in [-0.15, -0.1) is 0 Å². The molecule has 0 aromatic heterocycles. The van der Waals surface area contributed by atoms with Gasteiger partial charge in [-0.3, -0.25) is 9.59 Å². The minimum Gasteiger partial charge on any atom is -0.361 e. The number of benzene rings is 1. The normalized spacial score (nSPS) is 24.0. The topological polar surface area (TPSA) is 49.9 Å². The van der Waals surface area contributed by atoms with Crippen LogP contribution in [0.4, 0.5) is 10.1 Å². The molecule has 25 heavy (non-hydrogen) atoms. The van der Waals surface area contributed by atoms with Crippen molar-refractivity contribution in [1.82, 2.24) is 4.90 Å². The van der Waals surface area contributed by atoms with Crippen LogP contribution in [-0.2, 0) is 14.3 Å². The summed E-state index contributed by atoms with van der Waals surface area (Å²) in [5, 5.41) is 0. The standard InChI is InChI=1S/C19H25FN2O3/c1-2-3-5-17(23)21-11-4-10-19(13-21)14-22(18(24)12-25-19)16-8-6-15(20)7-9-16/h6-9H,2-5,10-14H2,1H3. The number of amides is 2. The molecule has 0 saturated carbocycles. The number of unbranched alkanes of at least 4 members (excludes halogenated alkanes) is 1. The lowest BCUT2D eigenvalue weighted by Gasteiger charge is -2.47. The van der Waals surface area contributed by atoms with E-state index in [2.05, 4.69) is 6.92 Å². The van der Waals surface area contributed by atoms with Gasteiger partial charge in [0.05, 0.1) is 13.1 Å². The summed E-state index contributed by atoms with van der Waals surface area (Å²) < 4.78 is 19.1. The molecule has 0 bridgehead atoms. The predicted molar refractivity (Wildman–Crippen MR) is 92.8 cm³/mol. The summed E-state index contributed by atoms with van der Waals surface area (Å²) in [4.78, 5) is 28.2. The van der Waals surface area contributed by atoms with E-state index in [1.807, 2.05) is 4.90 Å². The zero-order valence-electron chi connectivity index (χ0n) is 14.7. The predicted octanol–water partition coefficient (Wildman–Crippen LogP) is 2.74. The summed E-state index contributed by atoms with van der Waals surface area (Å²) in [6.45, 7) is 3.73. The summed E-state index contributed by atoms with van der Waals surface area (Å²) in [7, 11) is 0. The number of morpholine rings is 1. The molecule has 5 nitrogen and oxygen atoms in total. The van der Waals surface area contributed by atoms with Crippen molar-refractivity contribution in [3.05, 3.63) is 30.1 Å². The first-order valence-electron chi connectivity index (χ1n) is 9.01. The van der Waals surface area contributed by atoms with Crippen LogP contribution < -0.4 is 4.90 Å². The highest BCUT2D eigenvalue weighted by Gasteiger charge is 2.44. The number of likely N-dealkylation sites (tertiary alicyclic amines) is 1. The molecular weight excluding hydrogens is 323 g/mol. The molecular formula is C19H25FN2O3. The summed E-state index contributed by atoms with van der Waals surface area (Å²) in [6.07, 6.45) is 4.13. The van der Waals surface area contributed by atoms with Crippen molar-refractivity contribution < 1.29 is 18.7 Å². The molecule has 2 aliphatic heterocycles. The van der Waals surface area contributed by atoms with Crippen LogP contribution in [-0.4, -0.2) is 48.6 Å². The maximum atomic E-state index is 13.2. The quantitative estimate of drug-likeness (QED) is 0.841. The number of nitrogens with zero attached hydrogens (tertiary/aromatic N) is 2. The Morgan fingerprint density at radius 1 is 1.28 bits per heavy atom. The second kappa shape index (κ2) is 7.52. The first kappa shape index (κ1) is 17.9. The van der Waals surface area contributed by atoms with Gasteiger partial charge in [0.2, 0.25) is 5.91 Å². The maximum absolute atomic E-state index is 13.2. The Morgan fingerprint density at radius 3 is 2.76 bits per heavy atom. The first-order valence-corrected chi connectivity index (χ1v) is 9.01. The number of ether oxygens (including phenoxy) is 1. The zero-order valence-corrected chi connectivity index (χ0v) is 14.7. The minimum absolute atomic E-state index is 0.00559. The number of halogens is 1. The fraction of sp³-hybridized carbons (Fsp3) is 0.579. The third-order valence-electron chi connectivity index (χ3n) is 5.02. The Balaban J connectivity index is 1.73. The molecule has 2 aliphatic rings. The summed E-state index contributed by atoms with van der Waals surface area (Å²) in [5.41, 5.74) is 0.145. The molecule has 2 fully saturated rings. The third-order valence-corrected chi connectivity index (χ3v) is 5.02. The molecule has 2 amide bonds. The average Bonchev–Trinajstić information content (AvgIpc) is 2.63. The second-order valence-corrected chi connectivity index (χ2v) is 6.95. The molecule has 3 rings (SSSR count). The van der Waals surface area contributed by atoms with Gasteiger partial charge >= 0.3 is 0 Å².